The Morgan fingerprint density at radius 2 is 1.93 bits per heavy atom. The molecule has 2 amide bonds. The van der Waals surface area contributed by atoms with Crippen molar-refractivity contribution < 1.29 is 9.59 Å². The predicted octanol–water partition coefficient (Wildman–Crippen LogP) is -0.0967. The zero-order chi connectivity index (χ0) is 19.8. The standard InChI is InChI=1S/C19H25N7O2/c1-2-8-20-18(27)14-24-9-11-25(12-10-24)19(28)17(26-15-21-22-23-26)13-16-6-4-3-5-7-16/h2-7,15,17H,1,8-14H2,(H,20,27). The van der Waals surface area contributed by atoms with Crippen LogP contribution >= 0.6 is 0 Å². The number of carbonyl (C=O) groups is 2. The quantitative estimate of drug-likeness (QED) is 0.640. The van der Waals surface area contributed by atoms with Crippen molar-refractivity contribution >= 4 is 11.8 Å². The van der Waals surface area contributed by atoms with E-state index in [0.29, 0.717) is 45.7 Å². The lowest BCUT2D eigenvalue weighted by Crippen LogP contribution is -2.52. The van der Waals surface area contributed by atoms with Gasteiger partial charge in [-0.25, -0.2) is 4.68 Å². The summed E-state index contributed by atoms with van der Waals surface area (Å²) in [4.78, 5) is 28.9. The van der Waals surface area contributed by atoms with Gasteiger partial charge in [0.25, 0.3) is 0 Å². The first-order valence-electron chi connectivity index (χ1n) is 9.32. The summed E-state index contributed by atoms with van der Waals surface area (Å²) in [5.41, 5.74) is 1.05. The minimum Gasteiger partial charge on any atom is -0.352 e. The molecule has 3 rings (SSSR count). The molecule has 0 bridgehead atoms. The van der Waals surface area contributed by atoms with Crippen molar-refractivity contribution in [3.05, 3.63) is 54.9 Å². The largest absolute Gasteiger partial charge is 0.352 e. The lowest BCUT2D eigenvalue weighted by atomic mass is 10.0. The van der Waals surface area contributed by atoms with Gasteiger partial charge in [-0.15, -0.1) is 11.7 Å². The van der Waals surface area contributed by atoms with Crippen molar-refractivity contribution in [3.8, 4) is 0 Å². The van der Waals surface area contributed by atoms with Crippen molar-refractivity contribution in [1.29, 1.82) is 0 Å². The minimum absolute atomic E-state index is 0.00749. The fourth-order valence-electron chi connectivity index (χ4n) is 3.22. The van der Waals surface area contributed by atoms with Gasteiger partial charge in [-0.05, 0) is 16.0 Å². The predicted molar refractivity (Wildman–Crippen MR) is 103 cm³/mol. The Kier molecular flexibility index (Phi) is 6.85. The van der Waals surface area contributed by atoms with Crippen LogP contribution in [-0.4, -0.2) is 81.1 Å². The highest BCUT2D eigenvalue weighted by atomic mass is 16.2. The van der Waals surface area contributed by atoms with Gasteiger partial charge in [0.15, 0.2) is 0 Å². The number of benzene rings is 1. The van der Waals surface area contributed by atoms with Gasteiger partial charge >= 0.3 is 0 Å². The van der Waals surface area contributed by atoms with Gasteiger partial charge in [0.05, 0.1) is 6.54 Å². The number of hydrogen-bond donors (Lipinski definition) is 1. The van der Waals surface area contributed by atoms with Gasteiger partial charge in [-0.3, -0.25) is 14.5 Å². The molecule has 1 unspecified atom stereocenters. The summed E-state index contributed by atoms with van der Waals surface area (Å²) in [7, 11) is 0. The molecule has 2 heterocycles. The molecular formula is C19H25N7O2. The van der Waals surface area contributed by atoms with Gasteiger partial charge < -0.3 is 10.2 Å². The molecule has 1 aromatic carbocycles. The lowest BCUT2D eigenvalue weighted by Gasteiger charge is -2.36. The smallest absolute Gasteiger partial charge is 0.248 e. The Morgan fingerprint density at radius 3 is 2.57 bits per heavy atom. The van der Waals surface area contributed by atoms with E-state index in [9.17, 15) is 9.59 Å². The molecule has 1 fully saturated rings. The van der Waals surface area contributed by atoms with Gasteiger partial charge in [-0.1, -0.05) is 36.4 Å². The van der Waals surface area contributed by atoms with Crippen molar-refractivity contribution in [2.45, 2.75) is 12.5 Å². The Bertz CT molecular complexity index is 771. The van der Waals surface area contributed by atoms with Crippen molar-refractivity contribution in [2.75, 3.05) is 39.3 Å². The first-order valence-corrected chi connectivity index (χ1v) is 9.32. The molecule has 1 saturated heterocycles. The Morgan fingerprint density at radius 1 is 1.18 bits per heavy atom. The van der Waals surface area contributed by atoms with Gasteiger partial charge in [0.1, 0.15) is 12.4 Å². The number of rotatable bonds is 8. The summed E-state index contributed by atoms with van der Waals surface area (Å²) in [6.07, 6.45) is 3.65. The van der Waals surface area contributed by atoms with Crippen LogP contribution in [0.1, 0.15) is 11.6 Å². The third-order valence-electron chi connectivity index (χ3n) is 4.74. The fraction of sp³-hybridized carbons (Fsp3) is 0.421. The average Bonchev–Trinajstić information content (AvgIpc) is 3.26. The van der Waals surface area contributed by atoms with Crippen LogP contribution in [0.3, 0.4) is 0 Å². The molecule has 28 heavy (non-hydrogen) atoms. The molecule has 1 aliphatic heterocycles. The van der Waals surface area contributed by atoms with Crippen molar-refractivity contribution in [1.82, 2.24) is 35.3 Å². The second-order valence-corrected chi connectivity index (χ2v) is 6.69. The Labute approximate surface area is 164 Å². The van der Waals surface area contributed by atoms with E-state index in [1.54, 1.807) is 6.08 Å². The summed E-state index contributed by atoms with van der Waals surface area (Å²) in [5, 5.41) is 14.1. The second kappa shape index (κ2) is 9.75. The van der Waals surface area contributed by atoms with E-state index in [0.717, 1.165) is 5.56 Å². The van der Waals surface area contributed by atoms with Crippen LogP contribution < -0.4 is 5.32 Å². The zero-order valence-electron chi connectivity index (χ0n) is 15.8. The van der Waals surface area contributed by atoms with Crippen LogP contribution in [0.4, 0.5) is 0 Å². The number of nitrogens with zero attached hydrogens (tertiary/aromatic N) is 6. The molecular weight excluding hydrogens is 358 g/mol. The molecule has 1 aromatic heterocycles. The van der Waals surface area contributed by atoms with Crippen LogP contribution in [0.25, 0.3) is 0 Å². The Hall–Kier alpha value is -3.07. The number of piperazine rings is 1. The zero-order valence-corrected chi connectivity index (χ0v) is 15.8. The molecule has 1 atom stereocenters. The summed E-state index contributed by atoms with van der Waals surface area (Å²) in [6, 6.07) is 9.34. The fourth-order valence-corrected chi connectivity index (χ4v) is 3.22. The minimum atomic E-state index is -0.486. The maximum Gasteiger partial charge on any atom is 0.248 e. The van der Waals surface area contributed by atoms with Crippen LogP contribution in [0.15, 0.2) is 49.3 Å². The number of hydrogen-bond acceptors (Lipinski definition) is 6. The molecule has 9 nitrogen and oxygen atoms in total. The highest BCUT2D eigenvalue weighted by molar-refractivity contribution is 5.81. The normalized spacial score (nSPS) is 15.8. The van der Waals surface area contributed by atoms with Gasteiger partial charge in [-0.2, -0.15) is 0 Å². The van der Waals surface area contributed by atoms with E-state index < -0.39 is 6.04 Å². The molecule has 0 saturated carbocycles. The number of tetrazole rings is 1. The topological polar surface area (TPSA) is 96.2 Å². The highest BCUT2D eigenvalue weighted by Crippen LogP contribution is 2.17. The van der Waals surface area contributed by atoms with Crippen molar-refractivity contribution in [2.24, 2.45) is 0 Å². The van der Waals surface area contributed by atoms with Gasteiger partial charge in [0.2, 0.25) is 11.8 Å². The maximum absolute atomic E-state index is 13.2. The lowest BCUT2D eigenvalue weighted by molar-refractivity contribution is -0.137. The van der Waals surface area contributed by atoms with Crippen LogP contribution in [0.5, 0.6) is 0 Å². The maximum atomic E-state index is 13.2. The van der Waals surface area contributed by atoms with Crippen LogP contribution in [-0.2, 0) is 16.0 Å². The first kappa shape index (κ1) is 19.7. The molecule has 1 N–H and O–H groups in total. The highest BCUT2D eigenvalue weighted by Gasteiger charge is 2.30. The van der Waals surface area contributed by atoms with E-state index >= 15 is 0 Å². The number of aromatic nitrogens is 4. The van der Waals surface area contributed by atoms with Crippen molar-refractivity contribution in [3.63, 3.8) is 0 Å². The third-order valence-corrected chi connectivity index (χ3v) is 4.74. The van der Waals surface area contributed by atoms with Gasteiger partial charge in [0, 0.05) is 39.1 Å². The van der Waals surface area contributed by atoms with E-state index in [1.807, 2.05) is 40.1 Å². The molecule has 2 aromatic rings. The van der Waals surface area contributed by atoms with Crippen LogP contribution in [0, 0.1) is 0 Å². The molecule has 0 aliphatic carbocycles. The summed E-state index contributed by atoms with van der Waals surface area (Å²) < 4.78 is 1.52. The Balaban J connectivity index is 1.59. The number of carbonyl (C=O) groups excluding carboxylic acids is 2. The molecule has 1 aliphatic rings. The summed E-state index contributed by atoms with van der Waals surface area (Å²) >= 11 is 0. The van der Waals surface area contributed by atoms with E-state index in [-0.39, 0.29) is 11.8 Å². The van der Waals surface area contributed by atoms with E-state index in [1.165, 1.54) is 11.0 Å². The third kappa shape index (κ3) is 5.23. The molecule has 0 radical (unpaired) electrons. The SMILES string of the molecule is C=CCNC(=O)CN1CCN(C(=O)C(Cc2ccccc2)n2cnnn2)CC1. The second-order valence-electron chi connectivity index (χ2n) is 6.69. The molecule has 0 spiro atoms. The monoisotopic (exact) mass is 383 g/mol. The molecule has 148 valence electrons. The van der Waals surface area contributed by atoms with E-state index in [2.05, 4.69) is 27.4 Å². The van der Waals surface area contributed by atoms with E-state index in [4.69, 9.17) is 0 Å². The summed E-state index contributed by atoms with van der Waals surface area (Å²) in [6.45, 7) is 6.83. The average molecular weight is 383 g/mol. The number of amides is 2. The number of nitrogens with one attached hydrogen (secondary N) is 1. The summed E-state index contributed by atoms with van der Waals surface area (Å²) in [5.74, 6) is -0.0396. The first-order chi connectivity index (χ1) is 13.7. The van der Waals surface area contributed by atoms with Crippen LogP contribution in [0.2, 0.25) is 0 Å². The molecule has 9 heteroatoms.